The van der Waals surface area contributed by atoms with Crippen LogP contribution in [0.15, 0.2) is 0 Å². The average Bonchev–Trinajstić information content (AvgIpc) is 2.78. The molecule has 74 valence electrons. The molecule has 2 heterocycles. The van der Waals surface area contributed by atoms with Crippen LogP contribution in [0.3, 0.4) is 0 Å². The van der Waals surface area contributed by atoms with Crippen LogP contribution in [-0.2, 0) is 14.2 Å². The van der Waals surface area contributed by atoms with Gasteiger partial charge in [0.25, 0.3) is 0 Å². The molecular formula is C9H14O4. The Hall–Kier alpha value is -0.160. The lowest BCUT2D eigenvalue weighted by Gasteiger charge is -2.37. The summed E-state index contributed by atoms with van der Waals surface area (Å²) in [6.45, 7) is 2.01. The SMILES string of the molecule is OC1CC2(CCC13CO3)OCCO2. The molecule has 0 radical (unpaired) electrons. The molecule has 2 aliphatic heterocycles. The highest BCUT2D eigenvalue weighted by Gasteiger charge is 2.59. The van der Waals surface area contributed by atoms with Gasteiger partial charge < -0.3 is 19.3 Å². The summed E-state index contributed by atoms with van der Waals surface area (Å²) in [5.74, 6) is -0.489. The molecular weight excluding hydrogens is 172 g/mol. The summed E-state index contributed by atoms with van der Waals surface area (Å²) in [5.41, 5.74) is -0.236. The van der Waals surface area contributed by atoms with Gasteiger partial charge in [0.05, 0.1) is 25.9 Å². The first kappa shape index (κ1) is 8.17. The molecule has 3 aliphatic rings. The highest BCUT2D eigenvalue weighted by molar-refractivity contribution is 5.05. The van der Waals surface area contributed by atoms with Crippen molar-refractivity contribution in [1.82, 2.24) is 0 Å². The lowest BCUT2D eigenvalue weighted by Crippen LogP contribution is -2.47. The molecule has 2 spiro atoms. The van der Waals surface area contributed by atoms with Crippen LogP contribution < -0.4 is 0 Å². The lowest BCUT2D eigenvalue weighted by atomic mass is 9.83. The van der Waals surface area contributed by atoms with Gasteiger partial charge in [-0.1, -0.05) is 0 Å². The van der Waals surface area contributed by atoms with Crippen molar-refractivity contribution in [2.45, 2.75) is 36.8 Å². The number of aliphatic hydroxyl groups excluding tert-OH is 1. The van der Waals surface area contributed by atoms with Gasteiger partial charge in [-0.2, -0.15) is 0 Å². The predicted molar refractivity (Wildman–Crippen MR) is 43.2 cm³/mol. The summed E-state index contributed by atoms with van der Waals surface area (Å²) in [5, 5.41) is 9.84. The largest absolute Gasteiger partial charge is 0.390 e. The van der Waals surface area contributed by atoms with E-state index in [1.54, 1.807) is 0 Å². The van der Waals surface area contributed by atoms with Gasteiger partial charge in [0.15, 0.2) is 5.79 Å². The molecule has 3 fully saturated rings. The van der Waals surface area contributed by atoms with Crippen molar-refractivity contribution in [2.24, 2.45) is 0 Å². The van der Waals surface area contributed by atoms with Crippen molar-refractivity contribution < 1.29 is 19.3 Å². The molecule has 3 rings (SSSR count). The van der Waals surface area contributed by atoms with Crippen molar-refractivity contribution >= 4 is 0 Å². The molecule has 13 heavy (non-hydrogen) atoms. The number of hydrogen-bond donors (Lipinski definition) is 1. The maximum Gasteiger partial charge on any atom is 0.171 e. The van der Waals surface area contributed by atoms with Crippen LogP contribution in [0.4, 0.5) is 0 Å². The quantitative estimate of drug-likeness (QED) is 0.543. The molecule has 2 atom stereocenters. The van der Waals surface area contributed by atoms with Crippen LogP contribution in [0.5, 0.6) is 0 Å². The number of ether oxygens (including phenoxy) is 3. The molecule has 4 heteroatoms. The van der Waals surface area contributed by atoms with Crippen molar-refractivity contribution in [1.29, 1.82) is 0 Å². The highest BCUT2D eigenvalue weighted by atomic mass is 16.7. The molecule has 0 aromatic carbocycles. The van der Waals surface area contributed by atoms with E-state index in [0.29, 0.717) is 26.2 Å². The summed E-state index contributed by atoms with van der Waals surface area (Å²) >= 11 is 0. The van der Waals surface area contributed by atoms with E-state index in [4.69, 9.17) is 14.2 Å². The number of hydrogen-bond acceptors (Lipinski definition) is 4. The van der Waals surface area contributed by atoms with Gasteiger partial charge in [0.2, 0.25) is 0 Å². The molecule has 0 bridgehead atoms. The first-order chi connectivity index (χ1) is 6.25. The van der Waals surface area contributed by atoms with E-state index in [1.165, 1.54) is 0 Å². The molecule has 2 unspecified atom stereocenters. The molecule has 0 aromatic heterocycles. The van der Waals surface area contributed by atoms with Crippen LogP contribution in [0.25, 0.3) is 0 Å². The zero-order chi connectivity index (χ0) is 8.94. The third kappa shape index (κ3) is 1.13. The molecule has 4 nitrogen and oxygen atoms in total. The highest BCUT2D eigenvalue weighted by Crippen LogP contribution is 2.47. The number of epoxide rings is 1. The van der Waals surface area contributed by atoms with Gasteiger partial charge >= 0.3 is 0 Å². The van der Waals surface area contributed by atoms with Crippen LogP contribution in [0.1, 0.15) is 19.3 Å². The van der Waals surface area contributed by atoms with Gasteiger partial charge in [-0.05, 0) is 6.42 Å². The van der Waals surface area contributed by atoms with E-state index in [2.05, 4.69) is 0 Å². The zero-order valence-electron chi connectivity index (χ0n) is 7.49. The Morgan fingerprint density at radius 3 is 2.31 bits per heavy atom. The zero-order valence-corrected chi connectivity index (χ0v) is 7.49. The van der Waals surface area contributed by atoms with E-state index in [1.807, 2.05) is 0 Å². The van der Waals surface area contributed by atoms with E-state index in [0.717, 1.165) is 12.8 Å². The molecule has 1 N–H and O–H groups in total. The van der Waals surface area contributed by atoms with Gasteiger partial charge in [0.1, 0.15) is 5.60 Å². The molecule has 2 saturated heterocycles. The summed E-state index contributed by atoms with van der Waals surface area (Å²) in [6.07, 6.45) is 1.85. The van der Waals surface area contributed by atoms with Gasteiger partial charge in [-0.25, -0.2) is 0 Å². The summed E-state index contributed by atoms with van der Waals surface area (Å²) in [6, 6.07) is 0. The second-order valence-electron chi connectivity index (χ2n) is 4.18. The van der Waals surface area contributed by atoms with Crippen LogP contribution in [0.2, 0.25) is 0 Å². The second-order valence-corrected chi connectivity index (χ2v) is 4.18. The Morgan fingerprint density at radius 1 is 1.08 bits per heavy atom. The minimum Gasteiger partial charge on any atom is -0.390 e. The van der Waals surface area contributed by atoms with Gasteiger partial charge in [-0.15, -0.1) is 0 Å². The fraction of sp³-hybridized carbons (Fsp3) is 1.00. The minimum atomic E-state index is -0.489. The maximum absolute atomic E-state index is 9.84. The van der Waals surface area contributed by atoms with Crippen LogP contribution >= 0.6 is 0 Å². The van der Waals surface area contributed by atoms with Crippen molar-refractivity contribution in [3.63, 3.8) is 0 Å². The maximum atomic E-state index is 9.84. The van der Waals surface area contributed by atoms with E-state index in [-0.39, 0.29) is 5.60 Å². The summed E-state index contributed by atoms with van der Waals surface area (Å²) in [7, 11) is 0. The monoisotopic (exact) mass is 186 g/mol. The standard InChI is InChI=1S/C9H14O4/c10-7-5-9(11-3-4-12-9)2-1-8(7)6-13-8/h7,10H,1-6H2. The first-order valence-electron chi connectivity index (χ1n) is 4.85. The van der Waals surface area contributed by atoms with Crippen molar-refractivity contribution in [3.05, 3.63) is 0 Å². The Labute approximate surface area is 76.8 Å². The van der Waals surface area contributed by atoms with Gasteiger partial charge in [-0.3, -0.25) is 0 Å². The van der Waals surface area contributed by atoms with Gasteiger partial charge in [0, 0.05) is 12.8 Å². The van der Waals surface area contributed by atoms with E-state index < -0.39 is 11.9 Å². The number of aliphatic hydroxyl groups is 1. The molecule has 0 amide bonds. The third-order valence-corrected chi connectivity index (χ3v) is 3.37. The van der Waals surface area contributed by atoms with Crippen molar-refractivity contribution in [3.8, 4) is 0 Å². The molecule has 0 aromatic rings. The smallest absolute Gasteiger partial charge is 0.171 e. The van der Waals surface area contributed by atoms with E-state index >= 15 is 0 Å². The summed E-state index contributed by atoms with van der Waals surface area (Å²) in [4.78, 5) is 0. The van der Waals surface area contributed by atoms with Crippen molar-refractivity contribution in [2.75, 3.05) is 19.8 Å². The second kappa shape index (κ2) is 2.45. The molecule has 1 saturated carbocycles. The average molecular weight is 186 g/mol. The first-order valence-corrected chi connectivity index (χ1v) is 4.85. The summed E-state index contributed by atoms with van der Waals surface area (Å²) < 4.78 is 16.4. The number of rotatable bonds is 0. The molecule has 1 aliphatic carbocycles. The topological polar surface area (TPSA) is 51.2 Å². The minimum absolute atomic E-state index is 0.236. The fourth-order valence-electron chi connectivity index (χ4n) is 2.34. The fourth-order valence-corrected chi connectivity index (χ4v) is 2.34. The van der Waals surface area contributed by atoms with Crippen LogP contribution in [-0.4, -0.2) is 42.4 Å². The third-order valence-electron chi connectivity index (χ3n) is 3.37. The normalized spacial score (nSPS) is 47.3. The Morgan fingerprint density at radius 2 is 1.77 bits per heavy atom. The van der Waals surface area contributed by atoms with E-state index in [9.17, 15) is 5.11 Å². The Balaban J connectivity index is 1.75. The Kier molecular flexibility index (Phi) is 1.54. The Bertz CT molecular complexity index is 218. The lowest BCUT2D eigenvalue weighted by molar-refractivity contribution is -0.207. The predicted octanol–water partition coefficient (Wildman–Crippen LogP) is 0.0433. The van der Waals surface area contributed by atoms with Crippen LogP contribution in [0, 0.1) is 0 Å².